The second-order valence-corrected chi connectivity index (χ2v) is 7.87. The van der Waals surface area contributed by atoms with Gasteiger partial charge in [-0.2, -0.15) is 5.10 Å². The van der Waals surface area contributed by atoms with Crippen molar-refractivity contribution in [1.82, 2.24) is 0 Å². The number of hydrazone groups is 1. The number of amides is 1. The van der Waals surface area contributed by atoms with Gasteiger partial charge in [-0.05, 0) is 48.6 Å². The van der Waals surface area contributed by atoms with Crippen molar-refractivity contribution in [2.45, 2.75) is 45.1 Å². The highest BCUT2D eigenvalue weighted by atomic mass is 35.5. The lowest BCUT2D eigenvalue weighted by molar-refractivity contribution is -0.145. The van der Waals surface area contributed by atoms with E-state index < -0.39 is 0 Å². The first-order chi connectivity index (χ1) is 14.3. The van der Waals surface area contributed by atoms with Gasteiger partial charge in [0.25, 0.3) is 5.91 Å². The van der Waals surface area contributed by atoms with Crippen molar-refractivity contribution in [1.29, 1.82) is 0 Å². The van der Waals surface area contributed by atoms with Gasteiger partial charge in [-0.3, -0.25) is 9.59 Å². The second kappa shape index (κ2) is 10.3. The molecule has 0 saturated carbocycles. The number of hydrogen-bond donors (Lipinski definition) is 2. The van der Waals surface area contributed by atoms with E-state index in [-0.39, 0.29) is 42.2 Å². The zero-order chi connectivity index (χ0) is 21.7. The van der Waals surface area contributed by atoms with Crippen LogP contribution in [0.3, 0.4) is 0 Å². The maximum absolute atomic E-state index is 12.8. The summed E-state index contributed by atoms with van der Waals surface area (Å²) in [6, 6.07) is 12.6. The van der Waals surface area contributed by atoms with Crippen LogP contribution in [0.1, 0.15) is 55.1 Å². The van der Waals surface area contributed by atoms with Crippen LogP contribution < -0.4 is 15.9 Å². The SMILES string of the molecule is CCOC(=O)CC1CC(C)(C)c2c(NC(=O)c3ccc(C=NN)cc3)cccc2O1.Cl. The number of carbonyl (C=O) groups excluding carboxylic acids is 2. The van der Waals surface area contributed by atoms with Crippen molar-refractivity contribution in [3.63, 3.8) is 0 Å². The molecule has 166 valence electrons. The second-order valence-electron chi connectivity index (χ2n) is 7.87. The van der Waals surface area contributed by atoms with E-state index >= 15 is 0 Å². The first kappa shape index (κ1) is 24.2. The normalized spacial score (nSPS) is 16.5. The van der Waals surface area contributed by atoms with Crippen molar-refractivity contribution in [3.8, 4) is 5.75 Å². The summed E-state index contributed by atoms with van der Waals surface area (Å²) < 4.78 is 11.1. The molecule has 1 atom stereocenters. The number of ether oxygens (including phenoxy) is 2. The van der Waals surface area contributed by atoms with E-state index in [1.54, 1.807) is 31.2 Å². The van der Waals surface area contributed by atoms with Crippen LogP contribution in [-0.2, 0) is 14.9 Å². The van der Waals surface area contributed by atoms with E-state index in [0.717, 1.165) is 11.1 Å². The standard InChI is InChI=1S/C23H27N3O4.ClH/c1-4-29-20(27)12-17-13-23(2,3)21-18(6-5-7-19(21)30-17)26-22(28)16-10-8-15(9-11-16)14-25-24;/h5-11,14,17H,4,12-13,24H2,1-3H3,(H,26,28);1H. The van der Waals surface area contributed by atoms with E-state index in [1.807, 2.05) is 18.2 Å². The third kappa shape index (κ3) is 5.76. The Kier molecular flexibility index (Phi) is 8.05. The van der Waals surface area contributed by atoms with Crippen molar-refractivity contribution in [3.05, 3.63) is 59.2 Å². The Bertz CT molecular complexity index is 958. The zero-order valence-corrected chi connectivity index (χ0v) is 18.7. The van der Waals surface area contributed by atoms with Gasteiger partial charge in [-0.15, -0.1) is 12.4 Å². The molecular weight excluding hydrogens is 418 g/mol. The molecule has 0 aliphatic carbocycles. The number of carbonyl (C=O) groups is 2. The van der Waals surface area contributed by atoms with Crippen LogP contribution in [-0.4, -0.2) is 30.8 Å². The molecule has 7 nitrogen and oxygen atoms in total. The predicted octanol–water partition coefficient (Wildman–Crippen LogP) is 4.04. The summed E-state index contributed by atoms with van der Waals surface area (Å²) in [6.07, 6.45) is 2.08. The Labute approximate surface area is 188 Å². The monoisotopic (exact) mass is 445 g/mol. The largest absolute Gasteiger partial charge is 0.489 e. The van der Waals surface area contributed by atoms with Gasteiger partial charge in [-0.1, -0.05) is 32.0 Å². The van der Waals surface area contributed by atoms with Gasteiger partial charge in [0.1, 0.15) is 11.9 Å². The third-order valence-corrected chi connectivity index (χ3v) is 5.08. The molecule has 1 amide bonds. The summed E-state index contributed by atoms with van der Waals surface area (Å²) in [5.41, 5.74) is 2.66. The molecule has 0 aromatic heterocycles. The molecule has 1 heterocycles. The van der Waals surface area contributed by atoms with E-state index in [9.17, 15) is 9.59 Å². The summed E-state index contributed by atoms with van der Waals surface area (Å²) in [7, 11) is 0. The maximum Gasteiger partial charge on any atom is 0.309 e. The summed E-state index contributed by atoms with van der Waals surface area (Å²) in [4.78, 5) is 24.7. The van der Waals surface area contributed by atoms with Gasteiger partial charge in [0.2, 0.25) is 0 Å². The van der Waals surface area contributed by atoms with E-state index in [2.05, 4.69) is 24.3 Å². The number of anilines is 1. The first-order valence-corrected chi connectivity index (χ1v) is 9.94. The Morgan fingerprint density at radius 1 is 1.26 bits per heavy atom. The van der Waals surface area contributed by atoms with Gasteiger partial charge in [0.05, 0.1) is 19.2 Å². The smallest absolute Gasteiger partial charge is 0.309 e. The van der Waals surface area contributed by atoms with E-state index in [0.29, 0.717) is 30.0 Å². The fourth-order valence-electron chi connectivity index (χ4n) is 3.84. The van der Waals surface area contributed by atoms with Crippen LogP contribution in [0, 0.1) is 0 Å². The molecule has 2 aromatic carbocycles. The quantitative estimate of drug-likeness (QED) is 0.302. The van der Waals surface area contributed by atoms with Crippen LogP contribution in [0.5, 0.6) is 5.75 Å². The molecular formula is C23H28ClN3O4. The van der Waals surface area contributed by atoms with Crippen molar-refractivity contribution in [2.24, 2.45) is 10.9 Å². The number of halogens is 1. The molecule has 1 aliphatic rings. The van der Waals surface area contributed by atoms with Crippen molar-refractivity contribution in [2.75, 3.05) is 11.9 Å². The minimum atomic E-state index is -0.296. The molecule has 8 heteroatoms. The van der Waals surface area contributed by atoms with Gasteiger partial charge >= 0.3 is 5.97 Å². The molecule has 1 unspecified atom stereocenters. The molecule has 2 aromatic rings. The highest BCUT2D eigenvalue weighted by Gasteiger charge is 2.37. The fourth-order valence-corrected chi connectivity index (χ4v) is 3.84. The molecule has 0 saturated heterocycles. The van der Waals surface area contributed by atoms with Crippen LogP contribution in [0.25, 0.3) is 0 Å². The molecule has 1 aliphatic heterocycles. The topological polar surface area (TPSA) is 103 Å². The highest BCUT2D eigenvalue weighted by molar-refractivity contribution is 6.05. The number of nitrogens with two attached hydrogens (primary N) is 1. The molecule has 0 bridgehead atoms. The van der Waals surface area contributed by atoms with Crippen molar-refractivity contribution >= 4 is 36.2 Å². The Balaban J connectivity index is 0.00000341. The molecule has 3 rings (SSSR count). The molecule has 3 N–H and O–H groups in total. The number of benzene rings is 2. The minimum absolute atomic E-state index is 0. The number of fused-ring (bicyclic) bond motifs is 1. The average Bonchev–Trinajstić information content (AvgIpc) is 2.68. The van der Waals surface area contributed by atoms with Gasteiger partial charge in [0.15, 0.2) is 0 Å². The number of nitrogens with zero attached hydrogens (tertiary/aromatic N) is 1. The van der Waals surface area contributed by atoms with Gasteiger partial charge in [-0.25, -0.2) is 0 Å². The lowest BCUT2D eigenvalue weighted by Gasteiger charge is -2.38. The lowest BCUT2D eigenvalue weighted by Crippen LogP contribution is -2.36. The maximum atomic E-state index is 12.8. The average molecular weight is 446 g/mol. The summed E-state index contributed by atoms with van der Waals surface area (Å²) >= 11 is 0. The fraction of sp³-hybridized carbons (Fsp3) is 0.348. The Morgan fingerprint density at radius 2 is 1.97 bits per heavy atom. The molecule has 31 heavy (non-hydrogen) atoms. The highest BCUT2D eigenvalue weighted by Crippen LogP contribution is 2.45. The van der Waals surface area contributed by atoms with Gasteiger partial charge < -0.3 is 20.6 Å². The molecule has 0 fully saturated rings. The van der Waals surface area contributed by atoms with Crippen molar-refractivity contribution < 1.29 is 19.1 Å². The Morgan fingerprint density at radius 3 is 2.61 bits per heavy atom. The zero-order valence-electron chi connectivity index (χ0n) is 17.9. The van der Waals surface area contributed by atoms with Crippen LogP contribution in [0.2, 0.25) is 0 Å². The summed E-state index contributed by atoms with van der Waals surface area (Å²) in [5.74, 6) is 5.34. The van der Waals surface area contributed by atoms with Crippen LogP contribution >= 0.6 is 12.4 Å². The summed E-state index contributed by atoms with van der Waals surface area (Å²) in [5, 5.41) is 6.48. The van der Waals surface area contributed by atoms with Crippen LogP contribution in [0.4, 0.5) is 5.69 Å². The number of hydrogen-bond acceptors (Lipinski definition) is 6. The third-order valence-electron chi connectivity index (χ3n) is 5.08. The number of nitrogens with one attached hydrogen (secondary N) is 1. The summed E-state index contributed by atoms with van der Waals surface area (Å²) in [6.45, 7) is 6.31. The minimum Gasteiger partial charge on any atom is -0.489 e. The number of esters is 1. The first-order valence-electron chi connectivity index (χ1n) is 9.94. The van der Waals surface area contributed by atoms with E-state index in [4.69, 9.17) is 15.3 Å². The van der Waals surface area contributed by atoms with E-state index in [1.165, 1.54) is 6.21 Å². The molecule has 0 spiro atoms. The molecule has 0 radical (unpaired) electrons. The number of rotatable bonds is 6. The van der Waals surface area contributed by atoms with Crippen LogP contribution in [0.15, 0.2) is 47.6 Å². The van der Waals surface area contributed by atoms with Gasteiger partial charge in [0, 0.05) is 16.8 Å². The lowest BCUT2D eigenvalue weighted by atomic mass is 9.76. The Hall–Kier alpha value is -3.06. The predicted molar refractivity (Wildman–Crippen MR) is 123 cm³/mol.